The number of urea groups is 1. The molecule has 0 heterocycles. The van der Waals surface area contributed by atoms with Crippen LogP contribution in [-0.4, -0.2) is 58.2 Å². The van der Waals surface area contributed by atoms with Crippen molar-refractivity contribution in [3.05, 3.63) is 29.3 Å². The maximum absolute atomic E-state index is 12.1. The molecule has 0 saturated carbocycles. The number of carbonyl (C=O) groups excluding carboxylic acids is 1. The third kappa shape index (κ3) is 5.91. The van der Waals surface area contributed by atoms with E-state index >= 15 is 0 Å². The summed E-state index contributed by atoms with van der Waals surface area (Å²) in [6.07, 6.45) is 0. The predicted molar refractivity (Wildman–Crippen MR) is 85.3 cm³/mol. The number of carbonyl (C=O) groups is 1. The van der Waals surface area contributed by atoms with Gasteiger partial charge in [0.1, 0.15) is 5.75 Å². The van der Waals surface area contributed by atoms with Crippen LogP contribution in [0.2, 0.25) is 0 Å². The van der Waals surface area contributed by atoms with Gasteiger partial charge in [0.25, 0.3) is 0 Å². The number of amides is 2. The molecule has 1 aromatic rings. The molecule has 0 bridgehead atoms. The molecule has 0 aromatic heterocycles. The fourth-order valence-electron chi connectivity index (χ4n) is 1.89. The maximum Gasteiger partial charge on any atom is 0.320 e. The molecule has 0 unspecified atom stereocenters. The second-order valence-electron chi connectivity index (χ2n) is 4.94. The molecular formula is C16H26N2O4. The van der Waals surface area contributed by atoms with Crippen molar-refractivity contribution in [3.8, 4) is 5.75 Å². The Balaban J connectivity index is 2.46. The first-order valence-electron chi connectivity index (χ1n) is 7.29. The zero-order valence-corrected chi connectivity index (χ0v) is 13.8. The lowest BCUT2D eigenvalue weighted by Gasteiger charge is -2.22. The monoisotopic (exact) mass is 310 g/mol. The van der Waals surface area contributed by atoms with E-state index in [-0.39, 0.29) is 12.8 Å². The Labute approximate surface area is 132 Å². The Morgan fingerprint density at radius 3 is 2.36 bits per heavy atom. The molecule has 2 amide bonds. The van der Waals surface area contributed by atoms with E-state index in [4.69, 9.17) is 14.2 Å². The van der Waals surface area contributed by atoms with Crippen molar-refractivity contribution in [1.82, 2.24) is 10.2 Å². The van der Waals surface area contributed by atoms with Crippen LogP contribution in [0, 0.1) is 13.8 Å². The predicted octanol–water partition coefficient (Wildman–Crippen LogP) is 1.94. The van der Waals surface area contributed by atoms with Gasteiger partial charge in [-0.25, -0.2) is 4.79 Å². The first-order chi connectivity index (χ1) is 10.6. The minimum Gasteiger partial charge on any atom is -0.473 e. The van der Waals surface area contributed by atoms with Crippen LogP contribution in [0.5, 0.6) is 5.75 Å². The highest BCUT2D eigenvalue weighted by Crippen LogP contribution is 2.19. The van der Waals surface area contributed by atoms with Crippen LogP contribution < -0.4 is 10.1 Å². The van der Waals surface area contributed by atoms with Crippen molar-refractivity contribution in [3.63, 3.8) is 0 Å². The van der Waals surface area contributed by atoms with Crippen LogP contribution >= 0.6 is 0 Å². The summed E-state index contributed by atoms with van der Waals surface area (Å²) >= 11 is 0. The lowest BCUT2D eigenvalue weighted by molar-refractivity contribution is 0.119. The first-order valence-corrected chi connectivity index (χ1v) is 7.29. The second-order valence-corrected chi connectivity index (χ2v) is 4.94. The average Bonchev–Trinajstić information content (AvgIpc) is 2.51. The highest BCUT2D eigenvalue weighted by Gasteiger charge is 2.12. The minimum atomic E-state index is -0.195. The van der Waals surface area contributed by atoms with Crippen LogP contribution in [0.15, 0.2) is 18.2 Å². The summed E-state index contributed by atoms with van der Waals surface area (Å²) in [5.74, 6) is 0.778. The smallest absolute Gasteiger partial charge is 0.320 e. The second kappa shape index (κ2) is 10.0. The number of nitrogens with zero attached hydrogens (tertiary/aromatic N) is 1. The molecule has 0 saturated heterocycles. The quantitative estimate of drug-likeness (QED) is 0.708. The van der Waals surface area contributed by atoms with E-state index in [1.54, 1.807) is 19.1 Å². The molecule has 6 heteroatoms. The van der Waals surface area contributed by atoms with Crippen molar-refractivity contribution in [2.24, 2.45) is 0 Å². The molecule has 0 aliphatic rings. The molecule has 1 rings (SSSR count). The standard InChI is InChI=1S/C16H26N2O4/c1-13-6-5-7-15(14(13)2)22-12-17-16(19)18(8-10-20-3)9-11-21-4/h5-7H,8-12H2,1-4H3,(H,17,19). The molecule has 1 aromatic carbocycles. The highest BCUT2D eigenvalue weighted by molar-refractivity contribution is 5.74. The van der Waals surface area contributed by atoms with Gasteiger partial charge in [0.15, 0.2) is 6.73 Å². The number of nitrogens with one attached hydrogen (secondary N) is 1. The number of methoxy groups -OCH3 is 2. The molecule has 0 aliphatic heterocycles. The molecule has 0 fully saturated rings. The van der Waals surface area contributed by atoms with E-state index in [2.05, 4.69) is 5.32 Å². The van der Waals surface area contributed by atoms with Crippen LogP contribution in [0.4, 0.5) is 4.79 Å². The van der Waals surface area contributed by atoms with E-state index in [0.29, 0.717) is 26.3 Å². The topological polar surface area (TPSA) is 60.0 Å². The molecular weight excluding hydrogens is 284 g/mol. The number of ether oxygens (including phenoxy) is 3. The van der Waals surface area contributed by atoms with Gasteiger partial charge in [0.05, 0.1) is 13.2 Å². The van der Waals surface area contributed by atoms with Crippen molar-refractivity contribution in [2.45, 2.75) is 13.8 Å². The summed E-state index contributed by atoms with van der Waals surface area (Å²) in [4.78, 5) is 13.8. The number of rotatable bonds is 9. The van der Waals surface area contributed by atoms with Crippen molar-refractivity contribution >= 4 is 6.03 Å². The Hall–Kier alpha value is -1.79. The fraction of sp³-hybridized carbons (Fsp3) is 0.562. The summed E-state index contributed by atoms with van der Waals surface area (Å²) in [6.45, 7) is 6.13. The van der Waals surface area contributed by atoms with Gasteiger partial charge < -0.3 is 24.4 Å². The maximum atomic E-state index is 12.1. The lowest BCUT2D eigenvalue weighted by Crippen LogP contribution is -2.44. The summed E-state index contributed by atoms with van der Waals surface area (Å²) in [7, 11) is 3.21. The zero-order valence-electron chi connectivity index (χ0n) is 13.8. The molecule has 6 nitrogen and oxygen atoms in total. The van der Waals surface area contributed by atoms with Gasteiger partial charge in [0, 0.05) is 27.3 Å². The van der Waals surface area contributed by atoms with Crippen molar-refractivity contribution in [2.75, 3.05) is 47.3 Å². The summed E-state index contributed by atoms with van der Waals surface area (Å²) in [5, 5.41) is 2.75. The normalized spacial score (nSPS) is 10.4. The number of hydrogen-bond donors (Lipinski definition) is 1. The van der Waals surface area contributed by atoms with Crippen LogP contribution in [-0.2, 0) is 9.47 Å². The van der Waals surface area contributed by atoms with Gasteiger partial charge in [0.2, 0.25) is 0 Å². The van der Waals surface area contributed by atoms with Gasteiger partial charge >= 0.3 is 6.03 Å². The molecule has 22 heavy (non-hydrogen) atoms. The average molecular weight is 310 g/mol. The summed E-state index contributed by atoms with van der Waals surface area (Å²) in [5.41, 5.74) is 2.23. The van der Waals surface area contributed by atoms with Crippen LogP contribution in [0.3, 0.4) is 0 Å². The van der Waals surface area contributed by atoms with E-state index in [1.165, 1.54) is 0 Å². The van der Waals surface area contributed by atoms with Gasteiger partial charge in [-0.2, -0.15) is 0 Å². The fourth-order valence-corrected chi connectivity index (χ4v) is 1.89. The lowest BCUT2D eigenvalue weighted by atomic mass is 10.1. The third-order valence-corrected chi connectivity index (χ3v) is 3.42. The van der Waals surface area contributed by atoms with E-state index in [1.807, 2.05) is 32.0 Å². The van der Waals surface area contributed by atoms with Crippen LogP contribution in [0.1, 0.15) is 11.1 Å². The minimum absolute atomic E-state index is 0.125. The van der Waals surface area contributed by atoms with E-state index in [9.17, 15) is 4.79 Å². The number of aryl methyl sites for hydroxylation is 1. The summed E-state index contributed by atoms with van der Waals surface area (Å²) < 4.78 is 15.6. The molecule has 124 valence electrons. The van der Waals surface area contributed by atoms with Gasteiger partial charge in [-0.15, -0.1) is 0 Å². The first kappa shape index (κ1) is 18.3. The molecule has 0 radical (unpaired) electrons. The Bertz CT molecular complexity index is 457. The van der Waals surface area contributed by atoms with Crippen LogP contribution in [0.25, 0.3) is 0 Å². The van der Waals surface area contributed by atoms with E-state index < -0.39 is 0 Å². The van der Waals surface area contributed by atoms with Gasteiger partial charge in [-0.05, 0) is 31.0 Å². The molecule has 0 aliphatic carbocycles. The number of hydrogen-bond acceptors (Lipinski definition) is 4. The molecule has 1 N–H and O–H groups in total. The molecule has 0 spiro atoms. The van der Waals surface area contributed by atoms with Crippen molar-refractivity contribution < 1.29 is 19.0 Å². The summed E-state index contributed by atoms with van der Waals surface area (Å²) in [6, 6.07) is 5.66. The Morgan fingerprint density at radius 1 is 1.14 bits per heavy atom. The number of benzene rings is 1. The zero-order chi connectivity index (χ0) is 16.4. The third-order valence-electron chi connectivity index (χ3n) is 3.42. The van der Waals surface area contributed by atoms with Gasteiger partial charge in [-0.3, -0.25) is 0 Å². The highest BCUT2D eigenvalue weighted by atomic mass is 16.5. The Morgan fingerprint density at radius 2 is 1.77 bits per heavy atom. The van der Waals surface area contributed by atoms with Crippen molar-refractivity contribution in [1.29, 1.82) is 0 Å². The SMILES string of the molecule is COCCN(CCOC)C(=O)NCOc1cccc(C)c1C. The van der Waals surface area contributed by atoms with Gasteiger partial charge in [-0.1, -0.05) is 12.1 Å². The largest absolute Gasteiger partial charge is 0.473 e. The van der Waals surface area contributed by atoms with E-state index in [0.717, 1.165) is 16.9 Å². The Kier molecular flexibility index (Phi) is 8.32. The molecule has 0 atom stereocenters.